The van der Waals surface area contributed by atoms with Crippen molar-refractivity contribution in [3.8, 4) is 11.5 Å². The molecule has 27 heavy (non-hydrogen) atoms. The monoisotopic (exact) mass is 405 g/mol. The van der Waals surface area contributed by atoms with E-state index in [1.807, 2.05) is 18.2 Å². The summed E-state index contributed by atoms with van der Waals surface area (Å²) in [5.74, 6) is 0.836. The Morgan fingerprint density at radius 1 is 0.926 bits per heavy atom. The van der Waals surface area contributed by atoms with Crippen LogP contribution in [-0.4, -0.2) is 7.11 Å². The third-order valence-electron chi connectivity index (χ3n) is 3.93. The second-order valence-electron chi connectivity index (χ2n) is 5.88. The maximum atomic E-state index is 13.7. The van der Waals surface area contributed by atoms with Gasteiger partial charge in [0.1, 0.15) is 12.4 Å². The molecule has 0 amide bonds. The van der Waals surface area contributed by atoms with Crippen molar-refractivity contribution in [2.75, 3.05) is 12.4 Å². The minimum atomic E-state index is -0.294. The molecule has 0 radical (unpaired) electrons. The molecule has 0 aliphatic carbocycles. The highest BCUT2D eigenvalue weighted by Gasteiger charge is 2.08. The van der Waals surface area contributed by atoms with Gasteiger partial charge < -0.3 is 14.8 Å². The first kappa shape index (κ1) is 19.3. The first-order valence-corrected chi connectivity index (χ1v) is 9.04. The highest BCUT2D eigenvalue weighted by molar-refractivity contribution is 6.35. The quantitative estimate of drug-likeness (QED) is 0.497. The van der Waals surface area contributed by atoms with Crippen molar-refractivity contribution in [3.05, 3.63) is 87.7 Å². The van der Waals surface area contributed by atoms with Gasteiger partial charge >= 0.3 is 0 Å². The van der Waals surface area contributed by atoms with E-state index in [0.717, 1.165) is 11.3 Å². The number of methoxy groups -OCH3 is 1. The molecular weight excluding hydrogens is 388 g/mol. The Morgan fingerprint density at radius 3 is 2.37 bits per heavy atom. The smallest absolute Gasteiger partial charge is 0.161 e. The van der Waals surface area contributed by atoms with E-state index >= 15 is 0 Å². The van der Waals surface area contributed by atoms with Gasteiger partial charge in [-0.1, -0.05) is 47.5 Å². The van der Waals surface area contributed by atoms with Crippen LogP contribution in [0.15, 0.2) is 60.7 Å². The van der Waals surface area contributed by atoms with Crippen LogP contribution in [0.3, 0.4) is 0 Å². The van der Waals surface area contributed by atoms with Gasteiger partial charge in [-0.2, -0.15) is 0 Å². The van der Waals surface area contributed by atoms with E-state index < -0.39 is 0 Å². The van der Waals surface area contributed by atoms with Crippen molar-refractivity contribution < 1.29 is 13.9 Å². The average molecular weight is 406 g/mol. The SMILES string of the molecule is COc1cc(CNc2cc(Cl)cc(Cl)c2)ccc1OCc1ccccc1F. The molecular formula is C21H18Cl2FNO2. The molecule has 0 saturated carbocycles. The Hall–Kier alpha value is -2.43. The van der Waals surface area contributed by atoms with Crippen LogP contribution < -0.4 is 14.8 Å². The normalized spacial score (nSPS) is 10.5. The lowest BCUT2D eigenvalue weighted by Gasteiger charge is -2.13. The van der Waals surface area contributed by atoms with Gasteiger partial charge in [-0.15, -0.1) is 0 Å². The van der Waals surface area contributed by atoms with Crippen molar-refractivity contribution in [2.24, 2.45) is 0 Å². The van der Waals surface area contributed by atoms with Crippen LogP contribution in [0.25, 0.3) is 0 Å². The summed E-state index contributed by atoms with van der Waals surface area (Å²) in [5, 5.41) is 4.40. The molecule has 0 heterocycles. The predicted octanol–water partition coefficient (Wildman–Crippen LogP) is 6.33. The second kappa shape index (κ2) is 8.98. The summed E-state index contributed by atoms with van der Waals surface area (Å²) >= 11 is 12.0. The van der Waals surface area contributed by atoms with Gasteiger partial charge in [0.25, 0.3) is 0 Å². The van der Waals surface area contributed by atoms with Crippen LogP contribution in [0.5, 0.6) is 11.5 Å². The van der Waals surface area contributed by atoms with Gasteiger partial charge in [0.05, 0.1) is 7.11 Å². The summed E-state index contributed by atoms with van der Waals surface area (Å²) < 4.78 is 24.8. The van der Waals surface area contributed by atoms with Gasteiger partial charge in [0.15, 0.2) is 11.5 Å². The lowest BCUT2D eigenvalue weighted by molar-refractivity contribution is 0.279. The Balaban J connectivity index is 1.67. The number of halogens is 3. The Morgan fingerprint density at radius 2 is 1.67 bits per heavy atom. The molecule has 3 aromatic carbocycles. The van der Waals surface area contributed by atoms with Crippen molar-refractivity contribution in [3.63, 3.8) is 0 Å². The molecule has 0 aliphatic heterocycles. The molecule has 3 rings (SSSR count). The zero-order valence-corrected chi connectivity index (χ0v) is 16.1. The Labute approximate surface area is 167 Å². The van der Waals surface area contributed by atoms with Crippen molar-refractivity contribution >= 4 is 28.9 Å². The number of nitrogens with one attached hydrogen (secondary N) is 1. The first-order chi connectivity index (χ1) is 13.0. The summed E-state index contributed by atoms with van der Waals surface area (Å²) in [6.45, 7) is 0.683. The van der Waals surface area contributed by atoms with E-state index in [4.69, 9.17) is 32.7 Å². The molecule has 3 aromatic rings. The molecule has 6 heteroatoms. The van der Waals surface area contributed by atoms with Crippen LogP contribution in [0.2, 0.25) is 10.0 Å². The molecule has 0 unspecified atom stereocenters. The number of hydrogen-bond donors (Lipinski definition) is 1. The largest absolute Gasteiger partial charge is 0.493 e. The van der Waals surface area contributed by atoms with Gasteiger partial charge in [-0.25, -0.2) is 4.39 Å². The number of ether oxygens (including phenoxy) is 2. The van der Waals surface area contributed by atoms with Gasteiger partial charge in [-0.05, 0) is 42.0 Å². The molecule has 0 saturated heterocycles. The topological polar surface area (TPSA) is 30.5 Å². The summed E-state index contributed by atoms with van der Waals surface area (Å²) in [4.78, 5) is 0. The molecule has 0 aliphatic rings. The summed E-state index contributed by atoms with van der Waals surface area (Å²) in [6.07, 6.45) is 0. The van der Waals surface area contributed by atoms with E-state index in [0.29, 0.717) is 33.7 Å². The van der Waals surface area contributed by atoms with E-state index in [1.165, 1.54) is 6.07 Å². The van der Waals surface area contributed by atoms with E-state index in [-0.39, 0.29) is 12.4 Å². The fourth-order valence-electron chi connectivity index (χ4n) is 2.57. The molecule has 140 valence electrons. The van der Waals surface area contributed by atoms with Crippen LogP contribution >= 0.6 is 23.2 Å². The summed E-state index contributed by atoms with van der Waals surface area (Å²) in [7, 11) is 1.57. The van der Waals surface area contributed by atoms with Gasteiger partial charge in [-0.3, -0.25) is 0 Å². The van der Waals surface area contributed by atoms with Gasteiger partial charge in [0, 0.05) is 27.8 Å². The molecule has 1 N–H and O–H groups in total. The number of hydrogen-bond acceptors (Lipinski definition) is 3. The lowest BCUT2D eigenvalue weighted by atomic mass is 10.2. The van der Waals surface area contributed by atoms with Crippen LogP contribution in [-0.2, 0) is 13.2 Å². The number of anilines is 1. The first-order valence-electron chi connectivity index (χ1n) is 8.28. The summed E-state index contributed by atoms with van der Waals surface area (Å²) in [5.41, 5.74) is 2.30. The summed E-state index contributed by atoms with van der Waals surface area (Å²) in [6, 6.07) is 17.4. The van der Waals surface area contributed by atoms with Crippen LogP contribution in [0, 0.1) is 5.82 Å². The fourth-order valence-corrected chi connectivity index (χ4v) is 3.10. The fraction of sp³-hybridized carbons (Fsp3) is 0.143. The number of benzene rings is 3. The van der Waals surface area contributed by atoms with E-state index in [9.17, 15) is 4.39 Å². The Kier molecular flexibility index (Phi) is 6.43. The van der Waals surface area contributed by atoms with E-state index in [2.05, 4.69) is 5.32 Å². The molecule has 0 atom stereocenters. The molecule has 0 fully saturated rings. The minimum absolute atomic E-state index is 0.127. The van der Waals surface area contributed by atoms with Crippen molar-refractivity contribution in [1.82, 2.24) is 0 Å². The zero-order valence-electron chi connectivity index (χ0n) is 14.6. The van der Waals surface area contributed by atoms with Crippen LogP contribution in [0.1, 0.15) is 11.1 Å². The second-order valence-corrected chi connectivity index (χ2v) is 6.75. The lowest BCUT2D eigenvalue weighted by Crippen LogP contribution is -2.02. The van der Waals surface area contributed by atoms with Crippen LogP contribution in [0.4, 0.5) is 10.1 Å². The van der Waals surface area contributed by atoms with Gasteiger partial charge in [0.2, 0.25) is 0 Å². The predicted molar refractivity (Wildman–Crippen MR) is 108 cm³/mol. The maximum Gasteiger partial charge on any atom is 0.161 e. The van der Waals surface area contributed by atoms with Crippen molar-refractivity contribution in [1.29, 1.82) is 0 Å². The standard InChI is InChI=1S/C21H18Cl2FNO2/c1-26-21-8-14(12-25-18-10-16(22)9-17(23)11-18)6-7-20(21)27-13-15-4-2-3-5-19(15)24/h2-11,25H,12-13H2,1H3. The average Bonchev–Trinajstić information content (AvgIpc) is 2.65. The highest BCUT2D eigenvalue weighted by atomic mass is 35.5. The molecule has 0 aromatic heterocycles. The third-order valence-corrected chi connectivity index (χ3v) is 4.36. The minimum Gasteiger partial charge on any atom is -0.493 e. The molecule has 3 nitrogen and oxygen atoms in total. The number of rotatable bonds is 7. The van der Waals surface area contributed by atoms with Crippen molar-refractivity contribution in [2.45, 2.75) is 13.2 Å². The zero-order chi connectivity index (χ0) is 19.2. The third kappa shape index (κ3) is 5.28. The highest BCUT2D eigenvalue weighted by Crippen LogP contribution is 2.30. The maximum absolute atomic E-state index is 13.7. The molecule has 0 spiro atoms. The van der Waals surface area contributed by atoms with E-state index in [1.54, 1.807) is 43.5 Å². The molecule has 0 bridgehead atoms. The Bertz CT molecular complexity index is 914.